The number of aliphatic hydroxyl groups is 1. The molecular weight excluding hydrogens is 256 g/mol. The predicted octanol–water partition coefficient (Wildman–Crippen LogP) is 1.23. The van der Waals surface area contributed by atoms with Gasteiger partial charge in [0.05, 0.1) is 13.1 Å². The van der Waals surface area contributed by atoms with E-state index in [1.165, 1.54) is 7.05 Å². The molecule has 0 saturated heterocycles. The van der Waals surface area contributed by atoms with Gasteiger partial charge in [0.2, 0.25) is 0 Å². The number of halogens is 2. The molecule has 0 aliphatic heterocycles. The average molecular weight is 275 g/mol. The highest BCUT2D eigenvalue weighted by Crippen LogP contribution is 2.21. The van der Waals surface area contributed by atoms with Crippen LogP contribution in [-0.4, -0.2) is 37.6 Å². The van der Waals surface area contributed by atoms with Crippen LogP contribution in [0.15, 0.2) is 21.5 Å². The summed E-state index contributed by atoms with van der Waals surface area (Å²) in [5.41, 5.74) is -1.25. The lowest BCUT2D eigenvalue weighted by Gasteiger charge is -2.22. The van der Waals surface area contributed by atoms with E-state index in [1.807, 2.05) is 0 Å². The molecule has 3 N–H and O–H groups in total. The van der Waals surface area contributed by atoms with E-state index in [2.05, 4.69) is 15.6 Å². The second-order valence-electron chi connectivity index (χ2n) is 4.38. The van der Waals surface area contributed by atoms with Gasteiger partial charge in [-0.3, -0.25) is 4.99 Å². The molecule has 0 aromatic carbocycles. The number of rotatable bonds is 5. The van der Waals surface area contributed by atoms with Crippen LogP contribution >= 0.6 is 0 Å². The highest BCUT2D eigenvalue weighted by Gasteiger charge is 2.27. The molecule has 0 amide bonds. The Morgan fingerprint density at radius 3 is 2.63 bits per heavy atom. The number of hydrogen-bond acceptors (Lipinski definition) is 3. The SMILES string of the molecule is CN=C(NCC(F)F)NCC(C)(O)c1ccc(C)o1. The minimum absolute atomic E-state index is 0.0862. The summed E-state index contributed by atoms with van der Waals surface area (Å²) in [4.78, 5) is 3.78. The van der Waals surface area contributed by atoms with Gasteiger partial charge in [-0.25, -0.2) is 8.78 Å². The van der Waals surface area contributed by atoms with Crippen LogP contribution in [0.4, 0.5) is 8.78 Å². The molecule has 1 aromatic rings. The van der Waals surface area contributed by atoms with Gasteiger partial charge in [0, 0.05) is 7.05 Å². The molecule has 0 fully saturated rings. The second kappa shape index (κ2) is 6.51. The standard InChI is InChI=1S/C12H19F2N3O2/c1-8-4-5-9(19-8)12(2,18)7-17-11(15-3)16-6-10(13)14/h4-5,10,18H,6-7H2,1-3H3,(H2,15,16,17). The van der Waals surface area contributed by atoms with E-state index >= 15 is 0 Å². The molecule has 7 heteroatoms. The van der Waals surface area contributed by atoms with Gasteiger partial charge in [-0.15, -0.1) is 0 Å². The summed E-state index contributed by atoms with van der Waals surface area (Å²) >= 11 is 0. The van der Waals surface area contributed by atoms with Gasteiger partial charge >= 0.3 is 0 Å². The second-order valence-corrected chi connectivity index (χ2v) is 4.38. The summed E-state index contributed by atoms with van der Waals surface area (Å²) in [7, 11) is 1.46. The van der Waals surface area contributed by atoms with Crippen molar-refractivity contribution < 1.29 is 18.3 Å². The fourth-order valence-electron chi connectivity index (χ4n) is 1.46. The highest BCUT2D eigenvalue weighted by atomic mass is 19.3. The Bertz CT molecular complexity index is 430. The third-order valence-corrected chi connectivity index (χ3v) is 2.52. The first-order valence-corrected chi connectivity index (χ1v) is 5.87. The van der Waals surface area contributed by atoms with Crippen LogP contribution in [0.5, 0.6) is 0 Å². The number of guanidine groups is 1. The van der Waals surface area contributed by atoms with Gasteiger partial charge in [0.1, 0.15) is 17.1 Å². The number of alkyl halides is 2. The van der Waals surface area contributed by atoms with E-state index in [0.29, 0.717) is 11.5 Å². The molecule has 0 spiro atoms. The van der Waals surface area contributed by atoms with Crippen molar-refractivity contribution in [1.82, 2.24) is 10.6 Å². The topological polar surface area (TPSA) is 69.8 Å². The molecule has 0 bridgehead atoms. The summed E-state index contributed by atoms with van der Waals surface area (Å²) in [5.74, 6) is 1.29. The summed E-state index contributed by atoms with van der Waals surface area (Å²) in [6, 6.07) is 3.42. The van der Waals surface area contributed by atoms with Crippen LogP contribution in [0.3, 0.4) is 0 Å². The fraction of sp³-hybridized carbons (Fsp3) is 0.583. The van der Waals surface area contributed by atoms with Crippen molar-refractivity contribution in [3.63, 3.8) is 0 Å². The van der Waals surface area contributed by atoms with Crippen LogP contribution in [0.2, 0.25) is 0 Å². The van der Waals surface area contributed by atoms with Crippen LogP contribution in [0.25, 0.3) is 0 Å². The van der Waals surface area contributed by atoms with E-state index < -0.39 is 18.6 Å². The van der Waals surface area contributed by atoms with Crippen molar-refractivity contribution in [2.24, 2.45) is 4.99 Å². The van der Waals surface area contributed by atoms with Crippen molar-refractivity contribution in [3.8, 4) is 0 Å². The zero-order valence-electron chi connectivity index (χ0n) is 11.2. The minimum Gasteiger partial charge on any atom is -0.463 e. The quantitative estimate of drug-likeness (QED) is 0.558. The lowest BCUT2D eigenvalue weighted by atomic mass is 10.0. The van der Waals surface area contributed by atoms with Gasteiger partial charge < -0.3 is 20.2 Å². The Balaban J connectivity index is 2.54. The molecule has 0 radical (unpaired) electrons. The highest BCUT2D eigenvalue weighted by molar-refractivity contribution is 5.79. The third kappa shape index (κ3) is 4.86. The first-order chi connectivity index (χ1) is 8.85. The maximum Gasteiger partial charge on any atom is 0.255 e. The normalized spacial score (nSPS) is 15.4. The van der Waals surface area contributed by atoms with Crippen molar-refractivity contribution in [2.45, 2.75) is 25.9 Å². The molecule has 5 nitrogen and oxygen atoms in total. The number of nitrogens with one attached hydrogen (secondary N) is 2. The van der Waals surface area contributed by atoms with E-state index in [-0.39, 0.29) is 12.5 Å². The Labute approximate surface area is 110 Å². The summed E-state index contributed by atoms with van der Waals surface area (Å²) < 4.78 is 29.5. The number of hydrogen-bond donors (Lipinski definition) is 3. The van der Waals surface area contributed by atoms with Gasteiger partial charge in [0.15, 0.2) is 5.96 Å². The molecule has 1 atom stereocenters. The first-order valence-electron chi connectivity index (χ1n) is 5.87. The van der Waals surface area contributed by atoms with Gasteiger partial charge in [0.25, 0.3) is 6.43 Å². The number of nitrogens with zero attached hydrogens (tertiary/aromatic N) is 1. The molecule has 0 saturated carbocycles. The van der Waals surface area contributed by atoms with E-state index in [9.17, 15) is 13.9 Å². The van der Waals surface area contributed by atoms with E-state index in [0.717, 1.165) is 0 Å². The van der Waals surface area contributed by atoms with Gasteiger partial charge in [-0.05, 0) is 26.0 Å². The fourth-order valence-corrected chi connectivity index (χ4v) is 1.46. The molecule has 1 rings (SSSR count). The maximum absolute atomic E-state index is 12.1. The molecule has 19 heavy (non-hydrogen) atoms. The monoisotopic (exact) mass is 275 g/mol. The van der Waals surface area contributed by atoms with Crippen molar-refractivity contribution in [3.05, 3.63) is 23.7 Å². The van der Waals surface area contributed by atoms with Crippen molar-refractivity contribution >= 4 is 5.96 Å². The summed E-state index contributed by atoms with van der Waals surface area (Å²) in [6.45, 7) is 2.93. The van der Waals surface area contributed by atoms with Crippen molar-refractivity contribution in [1.29, 1.82) is 0 Å². The Kier molecular flexibility index (Phi) is 5.29. The zero-order valence-corrected chi connectivity index (χ0v) is 11.2. The van der Waals surface area contributed by atoms with E-state index in [1.54, 1.807) is 26.0 Å². The van der Waals surface area contributed by atoms with Crippen LogP contribution < -0.4 is 10.6 Å². The number of aryl methyl sites for hydroxylation is 1. The molecular formula is C12H19F2N3O2. The van der Waals surface area contributed by atoms with E-state index in [4.69, 9.17) is 4.42 Å². The number of furan rings is 1. The molecule has 0 aliphatic carbocycles. The largest absolute Gasteiger partial charge is 0.463 e. The molecule has 0 aliphatic rings. The van der Waals surface area contributed by atoms with Gasteiger partial charge in [-0.2, -0.15) is 0 Å². The predicted molar refractivity (Wildman–Crippen MR) is 68.4 cm³/mol. The molecule has 1 heterocycles. The van der Waals surface area contributed by atoms with Crippen LogP contribution in [0, 0.1) is 6.92 Å². The maximum atomic E-state index is 12.1. The van der Waals surface area contributed by atoms with Crippen LogP contribution in [0.1, 0.15) is 18.4 Å². The molecule has 1 unspecified atom stereocenters. The first kappa shape index (κ1) is 15.4. The Morgan fingerprint density at radius 2 is 2.16 bits per heavy atom. The Morgan fingerprint density at radius 1 is 1.47 bits per heavy atom. The zero-order chi connectivity index (χ0) is 14.5. The third-order valence-electron chi connectivity index (χ3n) is 2.52. The van der Waals surface area contributed by atoms with Gasteiger partial charge in [-0.1, -0.05) is 0 Å². The lowest BCUT2D eigenvalue weighted by Crippen LogP contribution is -2.45. The van der Waals surface area contributed by atoms with Crippen LogP contribution in [-0.2, 0) is 5.60 Å². The average Bonchev–Trinajstić information content (AvgIpc) is 2.76. The summed E-state index contributed by atoms with van der Waals surface area (Å²) in [5, 5.41) is 15.4. The molecule has 108 valence electrons. The number of aliphatic imine (C=N–C) groups is 1. The Hall–Kier alpha value is -1.63. The summed E-state index contributed by atoms with van der Waals surface area (Å²) in [6.07, 6.45) is -2.47. The molecule has 1 aromatic heterocycles. The lowest BCUT2D eigenvalue weighted by molar-refractivity contribution is 0.0377. The van der Waals surface area contributed by atoms with Crippen molar-refractivity contribution in [2.75, 3.05) is 20.1 Å². The smallest absolute Gasteiger partial charge is 0.255 e. The minimum atomic E-state index is -2.47.